The summed E-state index contributed by atoms with van der Waals surface area (Å²) in [5.41, 5.74) is 1.34. The van der Waals surface area contributed by atoms with Crippen molar-refractivity contribution >= 4 is 21.6 Å². The average molecular weight is 384 g/mol. The summed E-state index contributed by atoms with van der Waals surface area (Å²) in [7, 11) is -1.86. The number of hydrogen-bond donors (Lipinski definition) is 1. The molecule has 0 fully saturated rings. The lowest BCUT2D eigenvalue weighted by Gasteiger charge is -2.18. The molecule has 140 valence electrons. The second-order valence-electron chi connectivity index (χ2n) is 5.64. The fraction of sp³-hybridized carbons (Fsp3) is 0.235. The van der Waals surface area contributed by atoms with Gasteiger partial charge >= 0.3 is 6.61 Å². The van der Waals surface area contributed by atoms with Gasteiger partial charge in [-0.1, -0.05) is 18.2 Å². The lowest BCUT2D eigenvalue weighted by atomic mass is 10.1. The molecule has 0 aliphatic heterocycles. The minimum absolute atomic E-state index is 0.0391. The van der Waals surface area contributed by atoms with E-state index in [2.05, 4.69) is 9.46 Å². The van der Waals surface area contributed by atoms with Crippen molar-refractivity contribution in [1.82, 2.24) is 4.90 Å². The summed E-state index contributed by atoms with van der Waals surface area (Å²) in [6.45, 7) is -2.64. The number of hydrogen-bond acceptors (Lipinski definition) is 4. The van der Waals surface area contributed by atoms with Crippen LogP contribution in [0.25, 0.3) is 0 Å². The van der Waals surface area contributed by atoms with Crippen LogP contribution in [0.1, 0.15) is 15.9 Å². The number of halogens is 2. The number of anilines is 1. The Kier molecular flexibility index (Phi) is 6.14. The molecular formula is C17H18F2N2O4S. The normalized spacial score (nSPS) is 11.3. The van der Waals surface area contributed by atoms with E-state index in [0.717, 1.165) is 11.8 Å². The van der Waals surface area contributed by atoms with Crippen molar-refractivity contribution in [3.05, 3.63) is 59.7 Å². The highest BCUT2D eigenvalue weighted by Crippen LogP contribution is 2.17. The van der Waals surface area contributed by atoms with E-state index >= 15 is 0 Å². The van der Waals surface area contributed by atoms with Gasteiger partial charge in [0.15, 0.2) is 0 Å². The van der Waals surface area contributed by atoms with Crippen LogP contribution in [-0.2, 0) is 16.6 Å². The molecule has 0 saturated carbocycles. The molecule has 2 aromatic carbocycles. The molecule has 0 atom stereocenters. The molecule has 1 amide bonds. The van der Waals surface area contributed by atoms with Gasteiger partial charge in [0.1, 0.15) is 5.75 Å². The number of ether oxygens (including phenoxy) is 1. The molecule has 26 heavy (non-hydrogen) atoms. The van der Waals surface area contributed by atoms with Crippen molar-refractivity contribution in [3.63, 3.8) is 0 Å². The quantitative estimate of drug-likeness (QED) is 0.796. The molecule has 0 aliphatic carbocycles. The highest BCUT2D eigenvalue weighted by Gasteiger charge is 2.14. The van der Waals surface area contributed by atoms with Gasteiger partial charge in [0.05, 0.1) is 6.26 Å². The third-order valence-corrected chi connectivity index (χ3v) is 3.93. The van der Waals surface area contributed by atoms with Crippen LogP contribution in [0.4, 0.5) is 14.5 Å². The van der Waals surface area contributed by atoms with Crippen LogP contribution in [0.2, 0.25) is 0 Å². The molecule has 0 aliphatic rings. The monoisotopic (exact) mass is 384 g/mol. The van der Waals surface area contributed by atoms with E-state index in [1.165, 1.54) is 23.1 Å². The Hall–Kier alpha value is -2.68. The summed E-state index contributed by atoms with van der Waals surface area (Å²) in [5, 5.41) is 0. The number of rotatable bonds is 7. The molecule has 0 aromatic heterocycles. The summed E-state index contributed by atoms with van der Waals surface area (Å²) < 4.78 is 53.4. The highest BCUT2D eigenvalue weighted by molar-refractivity contribution is 7.92. The summed E-state index contributed by atoms with van der Waals surface area (Å²) in [5.74, 6) is -0.271. The zero-order chi connectivity index (χ0) is 19.3. The van der Waals surface area contributed by atoms with E-state index in [4.69, 9.17) is 0 Å². The Bertz CT molecular complexity index is 871. The molecular weight excluding hydrogens is 366 g/mol. The molecule has 0 heterocycles. The Morgan fingerprint density at radius 3 is 2.42 bits per heavy atom. The number of carbonyl (C=O) groups excluding carboxylic acids is 1. The third-order valence-electron chi connectivity index (χ3n) is 3.33. The predicted molar refractivity (Wildman–Crippen MR) is 93.8 cm³/mol. The molecule has 0 saturated heterocycles. The number of carbonyl (C=O) groups is 1. The van der Waals surface area contributed by atoms with Crippen molar-refractivity contribution in [2.45, 2.75) is 13.2 Å². The summed E-state index contributed by atoms with van der Waals surface area (Å²) in [6, 6.07) is 12.1. The summed E-state index contributed by atoms with van der Waals surface area (Å²) >= 11 is 0. The van der Waals surface area contributed by atoms with Gasteiger partial charge in [0.2, 0.25) is 10.0 Å². The fourth-order valence-corrected chi connectivity index (χ4v) is 2.83. The molecule has 2 aromatic rings. The topological polar surface area (TPSA) is 75.7 Å². The maximum atomic E-state index is 12.5. The van der Waals surface area contributed by atoms with Crippen molar-refractivity contribution in [3.8, 4) is 5.75 Å². The van der Waals surface area contributed by atoms with Gasteiger partial charge in [-0.2, -0.15) is 8.78 Å². The number of sulfonamides is 1. The Balaban J connectivity index is 2.06. The van der Waals surface area contributed by atoms with Gasteiger partial charge in [-0.15, -0.1) is 0 Å². The number of nitrogens with zero attached hydrogens (tertiary/aromatic N) is 1. The number of nitrogens with one attached hydrogen (secondary N) is 1. The molecule has 2 rings (SSSR count). The Morgan fingerprint density at radius 2 is 1.85 bits per heavy atom. The largest absolute Gasteiger partial charge is 0.435 e. The van der Waals surface area contributed by atoms with E-state index in [-0.39, 0.29) is 18.2 Å². The van der Waals surface area contributed by atoms with Crippen LogP contribution in [0.5, 0.6) is 5.75 Å². The second kappa shape index (κ2) is 8.13. The van der Waals surface area contributed by atoms with Gasteiger partial charge < -0.3 is 9.64 Å². The lowest BCUT2D eigenvalue weighted by Crippen LogP contribution is -2.26. The zero-order valence-electron chi connectivity index (χ0n) is 14.1. The van der Waals surface area contributed by atoms with Crippen molar-refractivity contribution in [1.29, 1.82) is 0 Å². The molecule has 6 nitrogen and oxygen atoms in total. The molecule has 0 radical (unpaired) electrons. The Morgan fingerprint density at radius 1 is 1.19 bits per heavy atom. The maximum Gasteiger partial charge on any atom is 0.387 e. The first-order valence-electron chi connectivity index (χ1n) is 7.51. The average Bonchev–Trinajstić information content (AvgIpc) is 2.54. The SMILES string of the molecule is CN(Cc1ccc(OC(F)F)cc1)C(=O)c1cccc(NS(C)(=O)=O)c1. The van der Waals surface area contributed by atoms with Gasteiger partial charge in [0, 0.05) is 24.8 Å². The third kappa shape index (κ3) is 5.99. The van der Waals surface area contributed by atoms with E-state index in [1.54, 1.807) is 37.4 Å². The molecule has 0 bridgehead atoms. The number of amides is 1. The second-order valence-corrected chi connectivity index (χ2v) is 7.39. The first-order chi connectivity index (χ1) is 12.1. The van der Waals surface area contributed by atoms with Gasteiger partial charge in [-0.25, -0.2) is 8.42 Å². The Labute approximate surface area is 150 Å². The van der Waals surface area contributed by atoms with Gasteiger partial charge in [-0.05, 0) is 35.9 Å². The predicted octanol–water partition coefficient (Wildman–Crippen LogP) is 2.93. The van der Waals surface area contributed by atoms with Crippen LogP contribution >= 0.6 is 0 Å². The number of alkyl halides is 2. The standard InChI is InChI=1S/C17H18F2N2O4S/c1-21(11-12-6-8-15(9-7-12)25-17(18)19)16(22)13-4-3-5-14(10-13)20-26(2,23)24/h3-10,17,20H,11H2,1-2H3. The van der Waals surface area contributed by atoms with Crippen molar-refractivity contribution in [2.75, 3.05) is 18.0 Å². The minimum Gasteiger partial charge on any atom is -0.435 e. The van der Waals surface area contributed by atoms with Crippen molar-refractivity contribution < 1.29 is 26.7 Å². The first kappa shape index (κ1) is 19.6. The van der Waals surface area contributed by atoms with Gasteiger partial charge in [-0.3, -0.25) is 9.52 Å². The molecule has 0 spiro atoms. The van der Waals surface area contributed by atoms with E-state index in [0.29, 0.717) is 11.3 Å². The molecule has 1 N–H and O–H groups in total. The molecule has 9 heteroatoms. The van der Waals surface area contributed by atoms with Crippen molar-refractivity contribution in [2.24, 2.45) is 0 Å². The maximum absolute atomic E-state index is 12.5. The van der Waals surface area contributed by atoms with Crippen LogP contribution < -0.4 is 9.46 Å². The lowest BCUT2D eigenvalue weighted by molar-refractivity contribution is -0.0498. The minimum atomic E-state index is -3.44. The molecule has 0 unspecified atom stereocenters. The van der Waals surface area contributed by atoms with Crippen LogP contribution in [0.15, 0.2) is 48.5 Å². The zero-order valence-corrected chi connectivity index (χ0v) is 15.0. The van der Waals surface area contributed by atoms with E-state index in [9.17, 15) is 22.0 Å². The summed E-state index contributed by atoms with van der Waals surface area (Å²) in [6.07, 6.45) is 1.02. The summed E-state index contributed by atoms with van der Waals surface area (Å²) in [4.78, 5) is 13.9. The smallest absolute Gasteiger partial charge is 0.387 e. The van der Waals surface area contributed by atoms with Gasteiger partial charge in [0.25, 0.3) is 5.91 Å². The van der Waals surface area contributed by atoms with Crippen LogP contribution in [0.3, 0.4) is 0 Å². The highest BCUT2D eigenvalue weighted by atomic mass is 32.2. The van der Waals surface area contributed by atoms with E-state index < -0.39 is 16.6 Å². The van der Waals surface area contributed by atoms with Crippen LogP contribution in [-0.4, -0.2) is 39.1 Å². The fourth-order valence-electron chi connectivity index (χ4n) is 2.27. The number of benzene rings is 2. The van der Waals surface area contributed by atoms with Crippen LogP contribution in [0, 0.1) is 0 Å². The van der Waals surface area contributed by atoms with E-state index in [1.807, 2.05) is 0 Å². The first-order valence-corrected chi connectivity index (χ1v) is 9.40.